The Bertz CT molecular complexity index is 849. The summed E-state index contributed by atoms with van der Waals surface area (Å²) in [6.07, 6.45) is 1.22. The Balaban J connectivity index is 2.19. The Morgan fingerprint density at radius 1 is 1.27 bits per heavy atom. The van der Waals surface area contributed by atoms with Crippen LogP contribution in [0.5, 0.6) is 0 Å². The van der Waals surface area contributed by atoms with Gasteiger partial charge < -0.3 is 9.88 Å². The number of rotatable bonds is 2. The number of anilines is 1. The summed E-state index contributed by atoms with van der Waals surface area (Å²) in [4.78, 5) is 27.1. The summed E-state index contributed by atoms with van der Waals surface area (Å²) in [6, 6.07) is 8.06. The lowest BCUT2D eigenvalue weighted by atomic mass is 9.86. The number of nitrogens with zero attached hydrogens (tertiary/aromatic N) is 1. The van der Waals surface area contributed by atoms with Gasteiger partial charge in [0.1, 0.15) is 5.82 Å². The normalized spacial score (nSPS) is 17.0. The lowest BCUT2D eigenvalue weighted by Crippen LogP contribution is -2.33. The van der Waals surface area contributed by atoms with E-state index in [1.54, 1.807) is 11.6 Å². The van der Waals surface area contributed by atoms with Gasteiger partial charge >= 0.3 is 0 Å². The Kier molecular flexibility index (Phi) is 3.70. The molecule has 1 amide bonds. The minimum absolute atomic E-state index is 0.104. The highest BCUT2D eigenvalue weighted by Crippen LogP contribution is 2.34. The van der Waals surface area contributed by atoms with Gasteiger partial charge in [0, 0.05) is 19.4 Å². The van der Waals surface area contributed by atoms with Crippen LogP contribution in [0.3, 0.4) is 0 Å². The highest BCUT2D eigenvalue weighted by atomic mass is 32.1. The van der Waals surface area contributed by atoms with E-state index < -0.39 is 0 Å². The molecule has 3 rings (SSSR count). The molecule has 2 aromatic rings. The van der Waals surface area contributed by atoms with E-state index in [4.69, 9.17) is 12.2 Å². The lowest BCUT2D eigenvalue weighted by Gasteiger charge is -2.26. The number of fused-ring (bicyclic) bond motifs is 1. The molecule has 0 spiro atoms. The van der Waals surface area contributed by atoms with Gasteiger partial charge in [-0.15, -0.1) is 0 Å². The van der Waals surface area contributed by atoms with Crippen molar-refractivity contribution in [3.05, 3.63) is 56.1 Å². The highest BCUT2D eigenvalue weighted by molar-refractivity contribution is 7.71. The molecule has 5 nitrogen and oxygen atoms in total. The molecule has 1 aliphatic heterocycles. The van der Waals surface area contributed by atoms with Gasteiger partial charge in [0.15, 0.2) is 4.77 Å². The molecule has 1 aliphatic rings. The van der Waals surface area contributed by atoms with Crippen molar-refractivity contribution >= 4 is 23.9 Å². The van der Waals surface area contributed by atoms with Crippen molar-refractivity contribution in [1.29, 1.82) is 0 Å². The summed E-state index contributed by atoms with van der Waals surface area (Å²) >= 11 is 5.11. The number of aromatic amines is 1. The van der Waals surface area contributed by atoms with Crippen molar-refractivity contribution in [3.63, 3.8) is 0 Å². The predicted molar refractivity (Wildman–Crippen MR) is 87.8 cm³/mol. The van der Waals surface area contributed by atoms with Crippen LogP contribution in [-0.2, 0) is 18.3 Å². The second-order valence-electron chi connectivity index (χ2n) is 5.48. The van der Waals surface area contributed by atoms with Gasteiger partial charge in [0.25, 0.3) is 5.56 Å². The van der Waals surface area contributed by atoms with E-state index in [1.807, 2.05) is 24.3 Å². The molecule has 2 N–H and O–H groups in total. The molecule has 0 radical (unpaired) electrons. The van der Waals surface area contributed by atoms with E-state index in [0.29, 0.717) is 16.2 Å². The van der Waals surface area contributed by atoms with Crippen LogP contribution in [-0.4, -0.2) is 15.5 Å². The SMILES string of the molecule is CCc1ccc(C2CC(=O)Nc3c2c(=O)[nH]c(=S)n3C)cc1. The number of hydrogen-bond donors (Lipinski definition) is 2. The molecule has 2 heterocycles. The zero-order chi connectivity index (χ0) is 15.9. The van der Waals surface area contributed by atoms with Crippen molar-refractivity contribution in [2.45, 2.75) is 25.7 Å². The van der Waals surface area contributed by atoms with E-state index in [2.05, 4.69) is 17.2 Å². The molecule has 1 unspecified atom stereocenters. The van der Waals surface area contributed by atoms with E-state index in [1.165, 1.54) is 5.56 Å². The summed E-state index contributed by atoms with van der Waals surface area (Å²) in [7, 11) is 1.74. The monoisotopic (exact) mass is 315 g/mol. The number of aryl methyl sites for hydroxylation is 1. The van der Waals surface area contributed by atoms with Crippen molar-refractivity contribution in [2.24, 2.45) is 7.05 Å². The molecule has 22 heavy (non-hydrogen) atoms. The van der Waals surface area contributed by atoms with Crippen LogP contribution in [0.1, 0.15) is 36.0 Å². The molecule has 1 aromatic heterocycles. The van der Waals surface area contributed by atoms with Gasteiger partial charge in [-0.1, -0.05) is 31.2 Å². The van der Waals surface area contributed by atoms with Gasteiger partial charge in [0.05, 0.1) is 5.56 Å². The molecule has 0 saturated heterocycles. The smallest absolute Gasteiger partial charge is 0.257 e. The largest absolute Gasteiger partial charge is 0.312 e. The maximum Gasteiger partial charge on any atom is 0.257 e. The Morgan fingerprint density at radius 2 is 1.95 bits per heavy atom. The molecule has 0 fully saturated rings. The van der Waals surface area contributed by atoms with Gasteiger partial charge in [-0.25, -0.2) is 0 Å². The molecule has 0 bridgehead atoms. The van der Waals surface area contributed by atoms with Gasteiger partial charge in [-0.3, -0.25) is 14.6 Å². The standard InChI is InChI=1S/C16H17N3O2S/c1-3-9-4-6-10(7-5-9)11-8-12(20)17-14-13(11)15(21)18-16(22)19(14)2/h4-7,11H,3,8H2,1-2H3,(H,17,20)(H,18,21,22). The number of aromatic nitrogens is 2. The third-order valence-corrected chi connectivity index (χ3v) is 4.52. The fourth-order valence-corrected chi connectivity index (χ4v) is 3.04. The summed E-state index contributed by atoms with van der Waals surface area (Å²) in [5, 5.41) is 2.77. The predicted octanol–water partition coefficient (Wildman–Crippen LogP) is 2.48. The lowest BCUT2D eigenvalue weighted by molar-refractivity contribution is -0.116. The minimum atomic E-state index is -0.250. The first-order valence-corrected chi connectivity index (χ1v) is 7.64. The second-order valence-corrected chi connectivity index (χ2v) is 5.87. The molecule has 1 atom stereocenters. The van der Waals surface area contributed by atoms with Crippen molar-refractivity contribution < 1.29 is 4.79 Å². The van der Waals surface area contributed by atoms with Gasteiger partial charge in [-0.2, -0.15) is 0 Å². The van der Waals surface area contributed by atoms with Crippen molar-refractivity contribution in [3.8, 4) is 0 Å². The minimum Gasteiger partial charge on any atom is -0.312 e. The zero-order valence-electron chi connectivity index (χ0n) is 12.5. The summed E-state index contributed by atoms with van der Waals surface area (Å²) in [6.45, 7) is 2.09. The first-order valence-electron chi connectivity index (χ1n) is 7.23. The molecule has 6 heteroatoms. The Morgan fingerprint density at radius 3 is 2.59 bits per heavy atom. The fraction of sp³-hybridized carbons (Fsp3) is 0.312. The third-order valence-electron chi connectivity index (χ3n) is 4.15. The number of nitrogens with one attached hydrogen (secondary N) is 2. The van der Waals surface area contributed by atoms with Crippen LogP contribution < -0.4 is 10.9 Å². The number of benzene rings is 1. The van der Waals surface area contributed by atoms with E-state index >= 15 is 0 Å². The quantitative estimate of drug-likeness (QED) is 0.837. The molecule has 0 aliphatic carbocycles. The zero-order valence-corrected chi connectivity index (χ0v) is 13.3. The highest BCUT2D eigenvalue weighted by Gasteiger charge is 2.30. The molecule has 0 saturated carbocycles. The number of amides is 1. The maximum atomic E-state index is 12.4. The number of carbonyl (C=O) groups excluding carboxylic acids is 1. The van der Waals surface area contributed by atoms with Crippen LogP contribution in [0.2, 0.25) is 0 Å². The van der Waals surface area contributed by atoms with E-state index in [9.17, 15) is 9.59 Å². The molecular formula is C16H17N3O2S. The first-order chi connectivity index (χ1) is 10.5. The number of hydrogen-bond acceptors (Lipinski definition) is 3. The van der Waals surface area contributed by atoms with Crippen molar-refractivity contribution in [2.75, 3.05) is 5.32 Å². The van der Waals surface area contributed by atoms with Crippen LogP contribution in [0.15, 0.2) is 29.1 Å². The number of carbonyl (C=O) groups is 1. The Labute approximate surface area is 133 Å². The van der Waals surface area contributed by atoms with Crippen LogP contribution in [0, 0.1) is 4.77 Å². The molecule has 114 valence electrons. The number of H-pyrrole nitrogens is 1. The topological polar surface area (TPSA) is 66.9 Å². The first kappa shape index (κ1) is 14.7. The third kappa shape index (κ3) is 2.39. The van der Waals surface area contributed by atoms with Crippen LogP contribution in [0.4, 0.5) is 5.82 Å². The summed E-state index contributed by atoms with van der Waals surface area (Å²) < 4.78 is 1.93. The van der Waals surface area contributed by atoms with Gasteiger partial charge in [0.2, 0.25) is 5.91 Å². The average molecular weight is 315 g/mol. The van der Waals surface area contributed by atoms with Crippen LogP contribution >= 0.6 is 12.2 Å². The van der Waals surface area contributed by atoms with Crippen LogP contribution in [0.25, 0.3) is 0 Å². The summed E-state index contributed by atoms with van der Waals surface area (Å²) in [5.41, 5.74) is 2.53. The van der Waals surface area contributed by atoms with Gasteiger partial charge in [-0.05, 0) is 29.8 Å². The Hall–Kier alpha value is -2.21. The van der Waals surface area contributed by atoms with E-state index in [0.717, 1.165) is 12.0 Å². The molecule has 1 aromatic carbocycles. The summed E-state index contributed by atoms with van der Waals surface area (Å²) in [5.74, 6) is 0.141. The van der Waals surface area contributed by atoms with Crippen molar-refractivity contribution in [1.82, 2.24) is 9.55 Å². The average Bonchev–Trinajstić information content (AvgIpc) is 2.52. The maximum absolute atomic E-state index is 12.4. The second kappa shape index (κ2) is 5.53. The molecular weight excluding hydrogens is 298 g/mol. The van der Waals surface area contributed by atoms with E-state index in [-0.39, 0.29) is 23.8 Å². The fourth-order valence-electron chi connectivity index (χ4n) is 2.85.